The molecule has 0 rings (SSSR count). The summed E-state index contributed by atoms with van der Waals surface area (Å²) >= 11 is 0. The van der Waals surface area contributed by atoms with Gasteiger partial charge in [0, 0.05) is 252 Å². The summed E-state index contributed by atoms with van der Waals surface area (Å²) in [7, 11) is 0. The van der Waals surface area contributed by atoms with Crippen LogP contribution in [0.1, 0.15) is 27.7 Å². The van der Waals surface area contributed by atoms with Crippen LogP contribution in [0.25, 0.3) is 0 Å². The zero-order chi connectivity index (χ0) is 47.9. The van der Waals surface area contributed by atoms with Gasteiger partial charge in [-0.1, -0.05) is 19.8 Å². The lowest BCUT2D eigenvalue weighted by molar-refractivity contribution is -0.115. The van der Waals surface area contributed by atoms with E-state index in [2.05, 4.69) is 343 Å². The number of primary amides is 1. The zero-order valence-corrected chi connectivity index (χ0v) is 35.1. The molecular weight excluding hydrogens is 798 g/mol. The summed E-state index contributed by atoms with van der Waals surface area (Å²) in [4.78, 5) is 9.22. The maximum absolute atomic E-state index is 9.22. The first-order valence-electron chi connectivity index (χ1n) is 16.8. The van der Waals surface area contributed by atoms with Crippen LogP contribution in [0, 0.1) is 344 Å². The largest absolute Gasteiger partial charge is 0.370 e. The molecule has 0 aliphatic rings. The molecule has 0 unspecified atom stereocenters. The van der Waals surface area contributed by atoms with E-state index in [0.29, 0.717) is 0 Å². The fourth-order valence-electron chi connectivity index (χ4n) is 1.75. The minimum absolute atomic E-state index is 0. The summed E-state index contributed by atoms with van der Waals surface area (Å²) in [5.41, 5.74) is 4.47. The van der Waals surface area contributed by atoms with E-state index in [0.717, 1.165) is 0 Å². The number of carbonyl (C=O) groups excluding carboxylic acids is 1. The van der Waals surface area contributed by atoms with Gasteiger partial charge in [-0.3, -0.25) is 4.79 Å². The fourth-order valence-corrected chi connectivity index (χ4v) is 1.75. The first kappa shape index (κ1) is 59.5. The quantitative estimate of drug-likeness (QED) is 0.287. The summed E-state index contributed by atoms with van der Waals surface area (Å²) in [6.07, 6.45) is 4.94. The molecule has 66 heavy (non-hydrogen) atoms. The minimum atomic E-state index is -0.333. The number of amides is 1. The molecule has 0 aliphatic carbocycles. The Bertz CT molecular complexity index is 3850. The predicted molar refractivity (Wildman–Crippen MR) is 264 cm³/mol. The van der Waals surface area contributed by atoms with E-state index in [4.69, 9.17) is 6.42 Å². The van der Waals surface area contributed by atoms with E-state index in [-0.39, 0.29) is 14.3 Å². The van der Waals surface area contributed by atoms with Gasteiger partial charge in [0.15, 0.2) is 0 Å². The second-order valence-electron chi connectivity index (χ2n) is 7.88. The molecule has 3 heteroatoms. The average Bonchev–Trinajstić information content (AvgIpc) is 3.30. The van der Waals surface area contributed by atoms with Gasteiger partial charge >= 0.3 is 0 Å². The number of carbonyl (C=O) groups is 1. The molecule has 0 spiro atoms. The Balaban J connectivity index is -0.00000259. The van der Waals surface area contributed by atoms with Gasteiger partial charge in [0.2, 0.25) is 5.91 Å². The molecule has 2 nitrogen and oxygen atoms in total. The van der Waals surface area contributed by atoms with Crippen LogP contribution in [0.2, 0.25) is 0 Å². The molecule has 281 valence electrons. The normalized spacial score (nSPS) is 3.98. The highest BCUT2D eigenvalue weighted by Gasteiger charge is 1.63. The van der Waals surface area contributed by atoms with Gasteiger partial charge in [-0.15, -0.1) is 6.42 Å². The number of terminal acetylenes is 1. The lowest BCUT2D eigenvalue weighted by Crippen LogP contribution is -2.01. The smallest absolute Gasteiger partial charge is 0.214 e. The van der Waals surface area contributed by atoms with Gasteiger partial charge in [-0.25, -0.2) is 0 Å². The van der Waals surface area contributed by atoms with Crippen molar-refractivity contribution >= 4 is 14.3 Å². The van der Waals surface area contributed by atoms with Crippen molar-refractivity contribution in [2.75, 3.05) is 0 Å². The molecule has 0 saturated heterocycles. The molecule has 2 N–H and O–H groups in total. The maximum atomic E-state index is 9.22. The van der Waals surface area contributed by atoms with Crippen LogP contribution < -0.4 is 5.73 Å². The Hall–Kier alpha value is -13.2. The predicted octanol–water partition coefficient (Wildman–Crippen LogP) is 0.872. The van der Waals surface area contributed by atoms with Gasteiger partial charge in [0.05, 0.1) is 0 Å². The van der Waals surface area contributed by atoms with Crippen LogP contribution >= 0.6 is 0 Å². The summed E-state index contributed by atoms with van der Waals surface area (Å²) in [6.45, 7) is 6.99. The number of hydrogen-bond donors (Lipinski definition) is 1. The fraction of sp³-hybridized carbons (Fsp3) is 0.0635. The number of nitrogens with two attached hydrogens (primary N) is 1. The standard InChI is InChI=1S/C59H4.C2H5NO.C2H6.B/c1-3-5-7-9-11-13-15-17-19-21-23-25-27-29-31-33-35-37-39-41-43-45-47-49-51-53-55-57-59-58-56-54-52-50-48-46-44-42-40-38-36-34-32-30-28-26-24-22-20-18-16-14-12-10-8-6-4-2;1-2(3)4;1-2;/h1H,2H3;1H3,(H2,3,4);1-2H3;. The molecule has 0 fully saturated rings. The molecule has 0 atom stereocenters. The van der Waals surface area contributed by atoms with Gasteiger partial charge < -0.3 is 5.73 Å². The highest BCUT2D eigenvalue weighted by Crippen LogP contribution is 1.63. The van der Waals surface area contributed by atoms with E-state index >= 15 is 0 Å². The zero-order valence-electron chi connectivity index (χ0n) is 35.1. The molecule has 1 amide bonds. The third-order valence-electron chi connectivity index (χ3n) is 3.57. The maximum Gasteiger partial charge on any atom is 0.214 e. The Kier molecular flexibility index (Phi) is 55.0. The topological polar surface area (TPSA) is 43.1 Å². The van der Waals surface area contributed by atoms with E-state index in [9.17, 15) is 4.79 Å². The van der Waals surface area contributed by atoms with Gasteiger partial charge in [-0.2, -0.15) is 0 Å². The minimum Gasteiger partial charge on any atom is -0.370 e. The SMILES string of the molecule is C#CC#CC#CC#CC#CC#CC#CC#CC#CC#CC#CC#CC#CC#CC#CC#CC#CC#CC#CC#CC#CC#CC#CC#CC#CC#CC#CC#CC#CC.CC.CC(N)=O.[B]. The first-order valence-corrected chi connectivity index (χ1v) is 16.8. The lowest BCUT2D eigenvalue weighted by atomic mass is 10.4. The van der Waals surface area contributed by atoms with E-state index in [1.807, 2.05) is 13.8 Å². The molecule has 0 aromatic heterocycles. The molecule has 0 saturated carbocycles. The van der Waals surface area contributed by atoms with Crippen molar-refractivity contribution < 1.29 is 4.79 Å². The number of rotatable bonds is 0. The van der Waals surface area contributed by atoms with Gasteiger partial charge in [0.25, 0.3) is 0 Å². The van der Waals surface area contributed by atoms with Crippen LogP contribution in [0.15, 0.2) is 0 Å². The average molecular weight is 813 g/mol. The second-order valence-corrected chi connectivity index (χ2v) is 7.88. The Morgan fingerprint density at radius 3 is 0.409 bits per heavy atom. The van der Waals surface area contributed by atoms with Crippen LogP contribution in [0.3, 0.4) is 0 Å². The van der Waals surface area contributed by atoms with Crippen LogP contribution in [-0.2, 0) is 4.79 Å². The number of hydrogen-bond acceptors (Lipinski definition) is 1. The monoisotopic (exact) mass is 812 g/mol. The van der Waals surface area contributed by atoms with Crippen molar-refractivity contribution in [1.82, 2.24) is 0 Å². The Morgan fingerprint density at radius 2 is 0.333 bits per heavy atom. The van der Waals surface area contributed by atoms with Gasteiger partial charge in [-0.05, 0) is 102 Å². The summed E-state index contributed by atoms with van der Waals surface area (Å²) in [5.74, 6) is 142. The lowest BCUT2D eigenvalue weighted by Gasteiger charge is -1.60. The van der Waals surface area contributed by atoms with E-state index in [1.165, 1.54) is 6.92 Å². The highest BCUT2D eigenvalue weighted by molar-refractivity contribution is 5.75. The summed E-state index contributed by atoms with van der Waals surface area (Å²) in [6, 6.07) is 0. The Labute approximate surface area is 394 Å². The Morgan fingerprint density at radius 1 is 0.258 bits per heavy atom. The third kappa shape index (κ3) is 68.8. The van der Waals surface area contributed by atoms with E-state index in [1.54, 1.807) is 6.92 Å². The molecule has 0 heterocycles. The van der Waals surface area contributed by atoms with Crippen LogP contribution in [0.4, 0.5) is 0 Å². The molecular formula is C63H15BNO. The molecule has 0 aliphatic heterocycles. The molecule has 3 radical (unpaired) electrons. The van der Waals surface area contributed by atoms with Crippen LogP contribution in [0.5, 0.6) is 0 Å². The van der Waals surface area contributed by atoms with Gasteiger partial charge in [0.1, 0.15) is 0 Å². The molecule has 0 aromatic carbocycles. The highest BCUT2D eigenvalue weighted by atomic mass is 16.1. The molecule has 0 aromatic rings. The molecule has 0 bridgehead atoms. The van der Waals surface area contributed by atoms with Crippen LogP contribution in [-0.4, -0.2) is 14.3 Å². The van der Waals surface area contributed by atoms with Crippen molar-refractivity contribution in [3.8, 4) is 344 Å². The van der Waals surface area contributed by atoms with Crippen molar-refractivity contribution in [2.45, 2.75) is 27.7 Å². The van der Waals surface area contributed by atoms with E-state index < -0.39 is 0 Å². The van der Waals surface area contributed by atoms with Crippen molar-refractivity contribution in [3.63, 3.8) is 0 Å². The summed E-state index contributed by atoms with van der Waals surface area (Å²) < 4.78 is 0. The third-order valence-corrected chi connectivity index (χ3v) is 3.57. The first-order chi connectivity index (χ1) is 32.1. The van der Waals surface area contributed by atoms with Crippen molar-refractivity contribution in [1.29, 1.82) is 0 Å². The van der Waals surface area contributed by atoms with Crippen molar-refractivity contribution in [3.05, 3.63) is 0 Å². The summed E-state index contributed by atoms with van der Waals surface area (Å²) in [5, 5.41) is 0. The van der Waals surface area contributed by atoms with Crippen molar-refractivity contribution in [2.24, 2.45) is 5.73 Å². The second kappa shape index (κ2) is 61.0.